The molecule has 34 heavy (non-hydrogen) atoms. The van der Waals surface area contributed by atoms with Crippen molar-refractivity contribution in [3.63, 3.8) is 0 Å². The topological polar surface area (TPSA) is 26.3 Å². The molecule has 0 radical (unpaired) electrons. The van der Waals surface area contributed by atoms with Gasteiger partial charge in [-0.2, -0.15) is 0 Å². The van der Waals surface area contributed by atoms with Crippen molar-refractivity contribution in [3.05, 3.63) is 77.0 Å². The molecule has 0 saturated carbocycles. The normalized spacial score (nSPS) is 21.9. The quantitative estimate of drug-likeness (QED) is 0.345. The van der Waals surface area contributed by atoms with Crippen LogP contribution < -0.4 is 0 Å². The smallest absolute Gasteiger partial charge is 0.159 e. The number of hydrogen-bond acceptors (Lipinski definition) is 2. The number of methoxy groups -OCH3 is 1. The number of rotatable bonds is 8. The van der Waals surface area contributed by atoms with E-state index in [1.54, 1.807) is 0 Å². The van der Waals surface area contributed by atoms with E-state index in [1.807, 2.05) is 7.11 Å². The highest BCUT2D eigenvalue weighted by Gasteiger charge is 2.64. The number of Topliss-reactive ketones (excluding diaryl/α,β-unsaturated/α-hetero) is 1. The second kappa shape index (κ2) is 9.71. The third-order valence-electron chi connectivity index (χ3n) is 8.29. The number of benzene rings is 2. The molecule has 184 valence electrons. The Morgan fingerprint density at radius 2 is 1.21 bits per heavy atom. The van der Waals surface area contributed by atoms with Gasteiger partial charge in [-0.1, -0.05) is 122 Å². The Hall–Kier alpha value is -1.76. The zero-order valence-electron chi connectivity index (χ0n) is 22.9. The van der Waals surface area contributed by atoms with E-state index < -0.39 is 21.7 Å². The van der Waals surface area contributed by atoms with Gasteiger partial charge < -0.3 is 4.74 Å². The number of ether oxygens (including phenoxy) is 1. The summed E-state index contributed by atoms with van der Waals surface area (Å²) in [5.41, 5.74) is 3.78. The molecule has 1 aliphatic rings. The Labute approximate surface area is 209 Å². The Morgan fingerprint density at radius 3 is 1.59 bits per heavy atom. The second-order valence-corrected chi connectivity index (χ2v) is 23.1. The third-order valence-corrected chi connectivity index (χ3v) is 17.8. The second-order valence-electron chi connectivity index (χ2n) is 12.0. The fourth-order valence-electron chi connectivity index (χ4n) is 7.38. The summed E-state index contributed by atoms with van der Waals surface area (Å²) in [6.07, 6.45) is 0. The molecule has 0 unspecified atom stereocenters. The van der Waals surface area contributed by atoms with E-state index in [0.717, 1.165) is 21.9 Å². The molecule has 0 saturated heterocycles. The molecule has 2 aromatic rings. The lowest BCUT2D eigenvalue weighted by Crippen LogP contribution is -2.50. The van der Waals surface area contributed by atoms with Crippen molar-refractivity contribution in [1.82, 2.24) is 0 Å². The van der Waals surface area contributed by atoms with E-state index >= 15 is 0 Å². The Balaban J connectivity index is 2.63. The maximum atomic E-state index is 15.0. The van der Waals surface area contributed by atoms with Crippen LogP contribution in [0.15, 0.2) is 65.9 Å². The van der Waals surface area contributed by atoms with E-state index in [9.17, 15) is 4.79 Å². The zero-order chi connectivity index (χ0) is 25.5. The minimum absolute atomic E-state index is 0.166. The molecule has 0 aliphatic heterocycles. The standard InChI is InChI=1S/C30H44O2Si2/c1-21(2)34(22(3)4,23(5)6)28-26(24-17-13-11-14-18-24)30(32-7,25-19-15-12-16-20-25)29(27(28)31)33(8,9)10/h11-23,29H,1-10H3/t29-,30-/m1/s1. The Bertz CT molecular complexity index is 1010. The van der Waals surface area contributed by atoms with E-state index in [1.165, 1.54) is 0 Å². The lowest BCUT2D eigenvalue weighted by atomic mass is 9.83. The first-order valence-electron chi connectivity index (χ1n) is 12.8. The predicted octanol–water partition coefficient (Wildman–Crippen LogP) is 8.49. The van der Waals surface area contributed by atoms with Crippen LogP contribution in [0.4, 0.5) is 0 Å². The van der Waals surface area contributed by atoms with Gasteiger partial charge in [-0.05, 0) is 38.5 Å². The highest BCUT2D eigenvalue weighted by atomic mass is 28.3. The third kappa shape index (κ3) is 3.92. The highest BCUT2D eigenvalue weighted by Crippen LogP contribution is 2.63. The molecule has 0 N–H and O–H groups in total. The first-order valence-corrected chi connectivity index (χ1v) is 18.6. The first-order chi connectivity index (χ1) is 15.9. The van der Waals surface area contributed by atoms with Crippen molar-refractivity contribution < 1.29 is 9.53 Å². The Kier molecular flexibility index (Phi) is 7.67. The van der Waals surface area contributed by atoms with E-state index in [2.05, 4.69) is 122 Å². The predicted molar refractivity (Wildman–Crippen MR) is 152 cm³/mol. The van der Waals surface area contributed by atoms with Crippen LogP contribution >= 0.6 is 0 Å². The average Bonchev–Trinajstić information content (AvgIpc) is 3.04. The molecule has 0 amide bonds. The number of hydrogen-bond donors (Lipinski definition) is 0. The van der Waals surface area contributed by atoms with Crippen molar-refractivity contribution in [2.45, 2.75) is 88.9 Å². The van der Waals surface area contributed by atoms with Crippen molar-refractivity contribution in [2.75, 3.05) is 7.11 Å². The summed E-state index contributed by atoms with van der Waals surface area (Å²) in [5.74, 6) is 0.367. The van der Waals surface area contributed by atoms with Crippen molar-refractivity contribution in [1.29, 1.82) is 0 Å². The number of allylic oxidation sites excluding steroid dienone is 1. The summed E-state index contributed by atoms with van der Waals surface area (Å²) in [7, 11) is -2.49. The van der Waals surface area contributed by atoms with Gasteiger partial charge in [-0.25, -0.2) is 0 Å². The van der Waals surface area contributed by atoms with Crippen molar-refractivity contribution in [2.24, 2.45) is 0 Å². The highest BCUT2D eigenvalue weighted by molar-refractivity contribution is 6.96. The van der Waals surface area contributed by atoms with E-state index in [4.69, 9.17) is 4.74 Å². The molecule has 2 nitrogen and oxygen atoms in total. The minimum atomic E-state index is -2.29. The van der Waals surface area contributed by atoms with E-state index in [0.29, 0.717) is 22.4 Å². The number of ketones is 1. The van der Waals surface area contributed by atoms with Gasteiger partial charge in [-0.3, -0.25) is 4.79 Å². The van der Waals surface area contributed by atoms with Crippen LogP contribution in [0.5, 0.6) is 0 Å². The van der Waals surface area contributed by atoms with Crippen LogP contribution in [0.2, 0.25) is 41.8 Å². The van der Waals surface area contributed by atoms with Gasteiger partial charge in [-0.15, -0.1) is 0 Å². The summed E-state index contributed by atoms with van der Waals surface area (Å²) in [6, 6.07) is 21.2. The van der Waals surface area contributed by atoms with Crippen LogP contribution in [0.3, 0.4) is 0 Å². The average molecular weight is 493 g/mol. The summed E-state index contributed by atoms with van der Waals surface area (Å²) in [6.45, 7) is 21.1. The van der Waals surface area contributed by atoms with Gasteiger partial charge in [0.05, 0.1) is 21.7 Å². The molecule has 4 heteroatoms. The summed E-state index contributed by atoms with van der Waals surface area (Å²) < 4.78 is 6.70. The zero-order valence-corrected chi connectivity index (χ0v) is 24.9. The number of carbonyl (C=O) groups excluding carboxylic acids is 1. The fourth-order valence-corrected chi connectivity index (χ4v) is 17.2. The maximum Gasteiger partial charge on any atom is 0.159 e. The molecule has 1 aliphatic carbocycles. The van der Waals surface area contributed by atoms with Gasteiger partial charge in [0, 0.05) is 7.11 Å². The van der Waals surface area contributed by atoms with Crippen LogP contribution in [0, 0.1) is 0 Å². The lowest BCUT2D eigenvalue weighted by Gasteiger charge is -2.45. The SMILES string of the molecule is CO[C@]1(c2ccccc2)C(c2ccccc2)=C([Si](C(C)C)(C(C)C)C(C)C)C(=O)[C@H]1[Si](C)(C)C. The fraction of sp³-hybridized carbons (Fsp3) is 0.500. The van der Waals surface area contributed by atoms with Crippen LogP contribution in [0.1, 0.15) is 52.7 Å². The summed E-state index contributed by atoms with van der Waals surface area (Å²) in [5, 5.41) is 1.15. The van der Waals surface area contributed by atoms with Gasteiger partial charge in [0.2, 0.25) is 0 Å². The molecule has 2 atom stereocenters. The summed E-state index contributed by atoms with van der Waals surface area (Å²) in [4.78, 5) is 15.0. The largest absolute Gasteiger partial charge is 0.368 e. The van der Waals surface area contributed by atoms with Crippen LogP contribution in [-0.4, -0.2) is 29.0 Å². The van der Waals surface area contributed by atoms with Gasteiger partial charge >= 0.3 is 0 Å². The molecule has 3 rings (SSSR count). The molecule has 0 fully saturated rings. The molecular formula is C30H44O2Si2. The monoisotopic (exact) mass is 492 g/mol. The number of carbonyl (C=O) groups is 1. The van der Waals surface area contributed by atoms with Crippen LogP contribution in [0.25, 0.3) is 5.57 Å². The Morgan fingerprint density at radius 1 is 0.765 bits per heavy atom. The van der Waals surface area contributed by atoms with E-state index in [-0.39, 0.29) is 5.54 Å². The maximum absolute atomic E-state index is 15.0. The molecule has 0 spiro atoms. The van der Waals surface area contributed by atoms with Crippen molar-refractivity contribution in [3.8, 4) is 0 Å². The van der Waals surface area contributed by atoms with Gasteiger partial charge in [0.25, 0.3) is 0 Å². The summed E-state index contributed by atoms with van der Waals surface area (Å²) >= 11 is 0. The first kappa shape index (κ1) is 26.8. The molecule has 0 bridgehead atoms. The lowest BCUT2D eigenvalue weighted by molar-refractivity contribution is -0.117. The minimum Gasteiger partial charge on any atom is -0.368 e. The van der Waals surface area contributed by atoms with Gasteiger partial charge in [0.15, 0.2) is 5.78 Å². The van der Waals surface area contributed by atoms with Crippen molar-refractivity contribution >= 4 is 27.5 Å². The van der Waals surface area contributed by atoms with Crippen LogP contribution in [-0.2, 0) is 15.1 Å². The molecular weight excluding hydrogens is 449 g/mol. The molecule has 0 aromatic heterocycles. The molecule has 2 aromatic carbocycles. The van der Waals surface area contributed by atoms with Gasteiger partial charge in [0.1, 0.15) is 5.60 Å². The molecule has 0 heterocycles.